The minimum atomic E-state index is -0.313. The molecule has 0 spiro atoms. The maximum Gasteiger partial charge on any atom is 0.350 e. The third kappa shape index (κ3) is 3.60. The van der Waals surface area contributed by atoms with Gasteiger partial charge in [-0.05, 0) is 30.3 Å². The van der Waals surface area contributed by atoms with Crippen LogP contribution in [0.4, 0.5) is 15.2 Å². The Kier molecular flexibility index (Phi) is 4.67. The number of nitrogens with zero attached hydrogens (tertiary/aromatic N) is 5. The number of halogens is 1. The van der Waals surface area contributed by atoms with Crippen LogP contribution in [-0.2, 0) is 6.54 Å². The minimum Gasteiger partial charge on any atom is -0.330 e. The predicted molar refractivity (Wildman–Crippen MR) is 99.8 cm³/mol. The van der Waals surface area contributed by atoms with Gasteiger partial charge in [-0.25, -0.2) is 13.9 Å². The summed E-state index contributed by atoms with van der Waals surface area (Å²) in [5, 5.41) is 16.0. The molecule has 0 fully saturated rings. The molecule has 7 nitrogen and oxygen atoms in total. The highest BCUT2D eigenvalue weighted by atomic mass is 32.2. The molecule has 0 atom stereocenters. The third-order valence-electron chi connectivity index (χ3n) is 3.50. The monoisotopic (exact) mass is 388 g/mol. The highest BCUT2D eigenvalue weighted by molar-refractivity contribution is 8.01. The van der Waals surface area contributed by atoms with Crippen LogP contribution >= 0.6 is 23.1 Å². The Morgan fingerprint density at radius 2 is 2.12 bits per heavy atom. The first-order valence-electron chi connectivity index (χ1n) is 7.72. The van der Waals surface area contributed by atoms with Crippen LogP contribution in [-0.4, -0.2) is 30.1 Å². The molecular weight excluding hydrogens is 375 g/mol. The van der Waals surface area contributed by atoms with E-state index in [0.29, 0.717) is 28.8 Å². The fraction of sp³-hybridized carbons (Fsp3) is 0.125. The van der Waals surface area contributed by atoms with Crippen molar-refractivity contribution in [3.05, 3.63) is 65.0 Å². The highest BCUT2D eigenvalue weighted by Crippen LogP contribution is 2.27. The van der Waals surface area contributed by atoms with E-state index in [1.54, 1.807) is 30.5 Å². The van der Waals surface area contributed by atoms with Crippen molar-refractivity contribution in [1.82, 2.24) is 24.4 Å². The maximum absolute atomic E-state index is 13.2. The lowest BCUT2D eigenvalue weighted by molar-refractivity contribution is 0.628. The Morgan fingerprint density at radius 3 is 2.96 bits per heavy atom. The molecular formula is C16H13FN6OS2. The minimum absolute atomic E-state index is 0.160. The van der Waals surface area contributed by atoms with Crippen molar-refractivity contribution < 1.29 is 4.39 Å². The van der Waals surface area contributed by atoms with Gasteiger partial charge in [-0.2, -0.15) is 0 Å². The Morgan fingerprint density at radius 1 is 1.19 bits per heavy atom. The lowest BCUT2D eigenvalue weighted by Gasteiger charge is -2.00. The highest BCUT2D eigenvalue weighted by Gasteiger charge is 2.08. The van der Waals surface area contributed by atoms with Crippen LogP contribution in [0.5, 0.6) is 0 Å². The van der Waals surface area contributed by atoms with Gasteiger partial charge in [-0.1, -0.05) is 35.2 Å². The molecule has 4 rings (SSSR count). The predicted octanol–water partition coefficient (Wildman–Crippen LogP) is 3.02. The van der Waals surface area contributed by atoms with Gasteiger partial charge in [0.1, 0.15) is 5.82 Å². The standard InChI is InChI=1S/C16H13FN6OS2/c17-11-4-3-5-12(10-11)18-14-19-20-15(26-14)25-9-8-23-16(24)22-7-2-1-6-13(22)21-23/h1-7,10H,8-9H2,(H,18,19). The van der Waals surface area contributed by atoms with E-state index in [0.717, 1.165) is 4.34 Å². The molecule has 0 aliphatic heterocycles. The Hall–Kier alpha value is -2.72. The van der Waals surface area contributed by atoms with Crippen molar-refractivity contribution in [3.8, 4) is 0 Å². The molecule has 3 heterocycles. The summed E-state index contributed by atoms with van der Waals surface area (Å²) in [7, 11) is 0. The molecule has 10 heteroatoms. The first-order chi connectivity index (χ1) is 12.7. The van der Waals surface area contributed by atoms with Crippen molar-refractivity contribution >= 4 is 39.6 Å². The smallest absolute Gasteiger partial charge is 0.330 e. The van der Waals surface area contributed by atoms with Gasteiger partial charge < -0.3 is 5.32 Å². The van der Waals surface area contributed by atoms with E-state index < -0.39 is 0 Å². The number of nitrogens with one attached hydrogen (secondary N) is 1. The Balaban J connectivity index is 1.37. The van der Waals surface area contributed by atoms with Gasteiger partial charge >= 0.3 is 5.69 Å². The van der Waals surface area contributed by atoms with Crippen LogP contribution in [0.3, 0.4) is 0 Å². The number of pyridine rings is 1. The van der Waals surface area contributed by atoms with Gasteiger partial charge in [-0.3, -0.25) is 4.40 Å². The summed E-state index contributed by atoms with van der Waals surface area (Å²) in [5.74, 6) is 0.324. The van der Waals surface area contributed by atoms with Gasteiger partial charge in [0.25, 0.3) is 0 Å². The van der Waals surface area contributed by atoms with Crippen LogP contribution in [0, 0.1) is 5.82 Å². The molecule has 0 saturated heterocycles. The zero-order valence-electron chi connectivity index (χ0n) is 13.4. The van der Waals surface area contributed by atoms with Crippen molar-refractivity contribution in [2.24, 2.45) is 0 Å². The van der Waals surface area contributed by atoms with E-state index in [9.17, 15) is 9.18 Å². The van der Waals surface area contributed by atoms with E-state index in [4.69, 9.17) is 0 Å². The maximum atomic E-state index is 13.2. The number of aryl methyl sites for hydroxylation is 1. The van der Waals surface area contributed by atoms with Crippen LogP contribution in [0.1, 0.15) is 0 Å². The summed E-state index contributed by atoms with van der Waals surface area (Å²) in [6, 6.07) is 11.6. The van der Waals surface area contributed by atoms with Crippen molar-refractivity contribution in [1.29, 1.82) is 0 Å². The number of anilines is 2. The normalized spacial score (nSPS) is 11.1. The van der Waals surface area contributed by atoms with Crippen LogP contribution in [0.15, 0.2) is 57.8 Å². The van der Waals surface area contributed by atoms with Gasteiger partial charge in [0.05, 0.1) is 6.54 Å². The number of hydrogen-bond donors (Lipinski definition) is 1. The average molecular weight is 388 g/mol. The fourth-order valence-electron chi connectivity index (χ4n) is 2.34. The largest absolute Gasteiger partial charge is 0.350 e. The second-order valence-electron chi connectivity index (χ2n) is 5.29. The lowest BCUT2D eigenvalue weighted by atomic mass is 10.3. The Labute approximate surface area is 155 Å². The number of fused-ring (bicyclic) bond motifs is 1. The molecule has 0 unspecified atom stereocenters. The molecule has 0 bridgehead atoms. The molecule has 4 aromatic rings. The van der Waals surface area contributed by atoms with Gasteiger partial charge in [-0.15, -0.1) is 15.3 Å². The van der Waals surface area contributed by atoms with Crippen LogP contribution in [0.2, 0.25) is 0 Å². The number of aromatic nitrogens is 5. The zero-order valence-corrected chi connectivity index (χ0v) is 15.0. The van der Waals surface area contributed by atoms with Gasteiger partial charge in [0.15, 0.2) is 9.99 Å². The number of rotatable bonds is 6. The van der Waals surface area contributed by atoms with Crippen molar-refractivity contribution in [2.75, 3.05) is 11.1 Å². The molecule has 0 aliphatic rings. The topological polar surface area (TPSA) is 77.1 Å². The fourth-order valence-corrected chi connectivity index (χ4v) is 4.10. The van der Waals surface area contributed by atoms with Crippen LogP contribution in [0.25, 0.3) is 5.65 Å². The second kappa shape index (κ2) is 7.26. The van der Waals surface area contributed by atoms with Crippen molar-refractivity contribution in [3.63, 3.8) is 0 Å². The summed E-state index contributed by atoms with van der Waals surface area (Å²) >= 11 is 2.86. The second-order valence-corrected chi connectivity index (χ2v) is 7.61. The van der Waals surface area contributed by atoms with E-state index in [1.165, 1.54) is 44.3 Å². The zero-order chi connectivity index (χ0) is 17.9. The molecule has 26 heavy (non-hydrogen) atoms. The Bertz CT molecular complexity index is 1110. The van der Waals surface area contributed by atoms with Gasteiger partial charge in [0.2, 0.25) is 5.13 Å². The summed E-state index contributed by atoms with van der Waals surface area (Å²) in [4.78, 5) is 12.2. The first-order valence-corrected chi connectivity index (χ1v) is 9.52. The first kappa shape index (κ1) is 16.7. The number of hydrogen-bond acceptors (Lipinski definition) is 7. The van der Waals surface area contributed by atoms with Gasteiger partial charge in [0, 0.05) is 17.6 Å². The number of benzene rings is 1. The molecule has 0 aliphatic carbocycles. The van der Waals surface area contributed by atoms with Crippen LogP contribution < -0.4 is 11.0 Å². The SMILES string of the molecule is O=c1n(CCSc2nnc(Nc3cccc(F)c3)s2)nc2ccccn12. The molecule has 0 amide bonds. The lowest BCUT2D eigenvalue weighted by Crippen LogP contribution is -2.21. The average Bonchev–Trinajstić information content (AvgIpc) is 3.20. The van der Waals surface area contributed by atoms with E-state index in [2.05, 4.69) is 20.6 Å². The molecule has 0 saturated carbocycles. The quantitative estimate of drug-likeness (QED) is 0.512. The van der Waals surface area contributed by atoms with E-state index in [-0.39, 0.29) is 11.5 Å². The third-order valence-corrected chi connectivity index (χ3v) is 5.45. The molecule has 0 radical (unpaired) electrons. The van der Waals surface area contributed by atoms with E-state index in [1.807, 2.05) is 6.07 Å². The summed E-state index contributed by atoms with van der Waals surface area (Å²) < 4.78 is 16.9. The molecule has 132 valence electrons. The summed E-state index contributed by atoms with van der Waals surface area (Å²) in [6.45, 7) is 0.470. The number of thioether (sulfide) groups is 1. The molecule has 3 aromatic heterocycles. The summed E-state index contributed by atoms with van der Waals surface area (Å²) in [5.41, 5.74) is 1.08. The molecule has 1 N–H and O–H groups in total. The summed E-state index contributed by atoms with van der Waals surface area (Å²) in [6.07, 6.45) is 1.70. The van der Waals surface area contributed by atoms with Crippen molar-refractivity contribution in [2.45, 2.75) is 10.9 Å². The van der Waals surface area contributed by atoms with E-state index >= 15 is 0 Å². The molecule has 1 aromatic carbocycles.